The van der Waals surface area contributed by atoms with Crippen LogP contribution in [0.2, 0.25) is 0 Å². The van der Waals surface area contributed by atoms with E-state index in [-0.39, 0.29) is 18.1 Å². The zero-order valence-corrected chi connectivity index (χ0v) is 14.2. The molecule has 23 heavy (non-hydrogen) atoms. The van der Waals surface area contributed by atoms with E-state index in [0.717, 1.165) is 0 Å². The molecule has 8 heteroatoms. The molecule has 1 aliphatic heterocycles. The van der Waals surface area contributed by atoms with Crippen LogP contribution in [0.3, 0.4) is 0 Å². The molecule has 7 nitrogen and oxygen atoms in total. The van der Waals surface area contributed by atoms with E-state index >= 15 is 0 Å². The van der Waals surface area contributed by atoms with Gasteiger partial charge in [0.1, 0.15) is 0 Å². The van der Waals surface area contributed by atoms with Gasteiger partial charge >= 0.3 is 0 Å². The monoisotopic (exact) mass is 336 g/mol. The van der Waals surface area contributed by atoms with Crippen molar-refractivity contribution >= 4 is 17.7 Å². The zero-order chi connectivity index (χ0) is 16.4. The fraction of sp³-hybridized carbons (Fsp3) is 0.533. The molecule has 1 aliphatic rings. The Morgan fingerprint density at radius 2 is 2.09 bits per heavy atom. The van der Waals surface area contributed by atoms with Crippen LogP contribution in [0.5, 0.6) is 0 Å². The van der Waals surface area contributed by atoms with E-state index in [0.29, 0.717) is 35.6 Å². The lowest BCUT2D eigenvalue weighted by Crippen LogP contribution is -2.48. The van der Waals surface area contributed by atoms with Crippen molar-refractivity contribution in [2.24, 2.45) is 7.05 Å². The van der Waals surface area contributed by atoms with Crippen LogP contribution < -0.4 is 0 Å². The fourth-order valence-electron chi connectivity index (χ4n) is 2.66. The van der Waals surface area contributed by atoms with Gasteiger partial charge in [-0.05, 0) is 26.0 Å². The Morgan fingerprint density at radius 1 is 1.35 bits per heavy atom. The molecule has 0 saturated carbocycles. The normalized spacial score (nSPS) is 21.6. The van der Waals surface area contributed by atoms with Gasteiger partial charge in [-0.1, -0.05) is 11.8 Å². The average molecular weight is 336 g/mol. The lowest BCUT2D eigenvalue weighted by molar-refractivity contribution is -0.140. The Kier molecular flexibility index (Phi) is 4.72. The van der Waals surface area contributed by atoms with Gasteiger partial charge in [-0.15, -0.1) is 10.2 Å². The summed E-state index contributed by atoms with van der Waals surface area (Å²) in [6.07, 6.45) is 1.75. The van der Waals surface area contributed by atoms with Gasteiger partial charge in [0.25, 0.3) is 0 Å². The van der Waals surface area contributed by atoms with Crippen molar-refractivity contribution in [2.75, 3.05) is 18.8 Å². The SMILES string of the molecule is C[C@@H]1CN(C(=O)CSc2nnc(-c3ccco3)n2C)C[C@H](C)O1. The highest BCUT2D eigenvalue weighted by Crippen LogP contribution is 2.23. The maximum absolute atomic E-state index is 12.4. The summed E-state index contributed by atoms with van der Waals surface area (Å²) in [4.78, 5) is 14.2. The minimum atomic E-state index is 0.0769. The van der Waals surface area contributed by atoms with Crippen molar-refractivity contribution in [1.82, 2.24) is 19.7 Å². The third kappa shape index (κ3) is 3.59. The van der Waals surface area contributed by atoms with Crippen LogP contribution in [0.1, 0.15) is 13.8 Å². The van der Waals surface area contributed by atoms with Crippen LogP contribution in [-0.2, 0) is 16.6 Å². The highest BCUT2D eigenvalue weighted by Gasteiger charge is 2.26. The first kappa shape index (κ1) is 16.1. The fourth-order valence-corrected chi connectivity index (χ4v) is 3.47. The summed E-state index contributed by atoms with van der Waals surface area (Å²) in [5.41, 5.74) is 0. The molecule has 3 rings (SSSR count). The van der Waals surface area contributed by atoms with E-state index in [1.54, 1.807) is 12.3 Å². The van der Waals surface area contributed by atoms with Crippen molar-refractivity contribution in [1.29, 1.82) is 0 Å². The summed E-state index contributed by atoms with van der Waals surface area (Å²) in [7, 11) is 1.86. The number of aromatic nitrogens is 3. The smallest absolute Gasteiger partial charge is 0.233 e. The summed E-state index contributed by atoms with van der Waals surface area (Å²) in [6, 6.07) is 3.64. The summed E-state index contributed by atoms with van der Waals surface area (Å²) in [5, 5.41) is 8.96. The Balaban J connectivity index is 1.61. The number of carbonyl (C=O) groups excluding carboxylic acids is 1. The maximum Gasteiger partial charge on any atom is 0.233 e. The van der Waals surface area contributed by atoms with Crippen molar-refractivity contribution in [3.63, 3.8) is 0 Å². The molecule has 1 fully saturated rings. The van der Waals surface area contributed by atoms with Gasteiger partial charge in [0.05, 0.1) is 24.2 Å². The Bertz CT molecular complexity index is 660. The molecule has 0 aromatic carbocycles. The number of thioether (sulfide) groups is 1. The van der Waals surface area contributed by atoms with Crippen molar-refractivity contribution in [2.45, 2.75) is 31.2 Å². The molecule has 2 atom stereocenters. The highest BCUT2D eigenvalue weighted by atomic mass is 32.2. The summed E-state index contributed by atoms with van der Waals surface area (Å²) in [6.45, 7) is 5.25. The van der Waals surface area contributed by atoms with Gasteiger partial charge in [-0.2, -0.15) is 0 Å². The number of furan rings is 1. The number of hydrogen-bond acceptors (Lipinski definition) is 6. The molecule has 2 aromatic rings. The van der Waals surface area contributed by atoms with Crippen LogP contribution >= 0.6 is 11.8 Å². The molecule has 0 unspecified atom stereocenters. The lowest BCUT2D eigenvalue weighted by Gasteiger charge is -2.35. The second-order valence-corrected chi connectivity index (χ2v) is 6.63. The van der Waals surface area contributed by atoms with E-state index in [4.69, 9.17) is 9.15 Å². The number of morpholine rings is 1. The topological polar surface area (TPSA) is 73.4 Å². The predicted octanol–water partition coefficient (Wildman–Crippen LogP) is 1.80. The standard InChI is InChI=1S/C15H20N4O3S/c1-10-7-19(8-11(2)22-10)13(20)9-23-15-17-16-14(18(15)3)12-5-4-6-21-12/h4-6,10-11H,7-9H2,1-3H3/t10-,11+. The Hall–Kier alpha value is -1.80. The van der Waals surface area contributed by atoms with Crippen LogP contribution in [0.25, 0.3) is 11.6 Å². The third-order valence-electron chi connectivity index (χ3n) is 3.67. The van der Waals surface area contributed by atoms with Gasteiger partial charge < -0.3 is 18.6 Å². The second-order valence-electron chi connectivity index (χ2n) is 5.69. The Labute approximate surface area is 139 Å². The predicted molar refractivity (Wildman–Crippen MR) is 86.0 cm³/mol. The van der Waals surface area contributed by atoms with Gasteiger partial charge in [-0.3, -0.25) is 4.79 Å². The van der Waals surface area contributed by atoms with Gasteiger partial charge in [0.15, 0.2) is 16.7 Å². The summed E-state index contributed by atoms with van der Waals surface area (Å²) in [5.74, 6) is 1.75. The molecular weight excluding hydrogens is 316 g/mol. The van der Waals surface area contributed by atoms with Crippen molar-refractivity contribution in [3.8, 4) is 11.6 Å². The molecule has 1 saturated heterocycles. The maximum atomic E-state index is 12.4. The first-order valence-electron chi connectivity index (χ1n) is 7.54. The molecule has 2 aromatic heterocycles. The van der Waals surface area contributed by atoms with Gasteiger partial charge in [0.2, 0.25) is 5.91 Å². The first-order chi connectivity index (χ1) is 11.0. The minimum Gasteiger partial charge on any atom is -0.461 e. The van der Waals surface area contributed by atoms with Crippen molar-refractivity contribution < 1.29 is 13.9 Å². The van der Waals surface area contributed by atoms with E-state index in [1.807, 2.05) is 36.4 Å². The molecule has 124 valence electrons. The molecule has 3 heterocycles. The number of rotatable bonds is 4. The molecule has 0 radical (unpaired) electrons. The van der Waals surface area contributed by atoms with E-state index in [1.165, 1.54) is 11.8 Å². The van der Waals surface area contributed by atoms with E-state index < -0.39 is 0 Å². The minimum absolute atomic E-state index is 0.0769. The molecular formula is C15H20N4O3S. The van der Waals surface area contributed by atoms with Crippen LogP contribution in [0.15, 0.2) is 28.0 Å². The number of carbonyl (C=O) groups is 1. The molecule has 1 amide bonds. The van der Waals surface area contributed by atoms with Gasteiger partial charge in [0, 0.05) is 20.1 Å². The second kappa shape index (κ2) is 6.76. The molecule has 0 bridgehead atoms. The molecule has 0 N–H and O–H groups in total. The van der Waals surface area contributed by atoms with Gasteiger partial charge in [-0.25, -0.2) is 0 Å². The van der Waals surface area contributed by atoms with Crippen molar-refractivity contribution in [3.05, 3.63) is 18.4 Å². The summed E-state index contributed by atoms with van der Waals surface area (Å²) >= 11 is 1.39. The van der Waals surface area contributed by atoms with Crippen LogP contribution in [-0.4, -0.2) is 56.6 Å². The van der Waals surface area contributed by atoms with Crippen LogP contribution in [0, 0.1) is 0 Å². The largest absolute Gasteiger partial charge is 0.461 e. The average Bonchev–Trinajstić information content (AvgIpc) is 3.13. The summed E-state index contributed by atoms with van der Waals surface area (Å²) < 4.78 is 12.8. The third-order valence-corrected chi connectivity index (χ3v) is 4.68. The number of nitrogens with zero attached hydrogens (tertiary/aromatic N) is 4. The highest BCUT2D eigenvalue weighted by molar-refractivity contribution is 7.99. The quantitative estimate of drug-likeness (QED) is 0.793. The van der Waals surface area contributed by atoms with E-state index in [9.17, 15) is 4.79 Å². The van der Waals surface area contributed by atoms with E-state index in [2.05, 4.69) is 10.2 Å². The number of amides is 1. The number of hydrogen-bond donors (Lipinski definition) is 0. The Morgan fingerprint density at radius 3 is 2.74 bits per heavy atom. The zero-order valence-electron chi connectivity index (χ0n) is 13.4. The molecule has 0 spiro atoms. The molecule has 0 aliphatic carbocycles. The van der Waals surface area contributed by atoms with Crippen LogP contribution in [0.4, 0.5) is 0 Å². The number of ether oxygens (including phenoxy) is 1. The first-order valence-corrected chi connectivity index (χ1v) is 8.52. The lowest BCUT2D eigenvalue weighted by atomic mass is 10.2.